The number of benzene rings is 3. The maximum absolute atomic E-state index is 13.5. The molecule has 0 fully saturated rings. The fourth-order valence-corrected chi connectivity index (χ4v) is 6.37. The molecule has 0 aromatic heterocycles. The Bertz CT molecular complexity index is 1530. The van der Waals surface area contributed by atoms with Crippen LogP contribution in [0.2, 0.25) is 0 Å². The van der Waals surface area contributed by atoms with E-state index < -0.39 is 59.9 Å². The maximum atomic E-state index is 13.5. The average Bonchev–Trinajstić information content (AvgIpc) is 2.97. The lowest BCUT2D eigenvalue weighted by atomic mass is 9.96. The Labute approximate surface area is 257 Å². The Morgan fingerprint density at radius 3 is 1.93 bits per heavy atom. The molecule has 14 heteroatoms. The molecule has 0 heterocycles. The molecule has 1 unspecified atom stereocenters. The van der Waals surface area contributed by atoms with Crippen LogP contribution in [-0.4, -0.2) is 59.5 Å². The number of hydrogen-bond acceptors (Lipinski definition) is 7. The first kappa shape index (κ1) is 34.7. The Kier molecular flexibility index (Phi) is 12.1. The molecule has 0 aliphatic carbocycles. The van der Waals surface area contributed by atoms with Crippen LogP contribution < -0.4 is 14.8 Å². The number of ether oxygens (including phenoxy) is 2. The van der Waals surface area contributed by atoms with Gasteiger partial charge in [0.15, 0.2) is 0 Å². The van der Waals surface area contributed by atoms with Crippen molar-refractivity contribution in [2.45, 2.75) is 57.3 Å². The summed E-state index contributed by atoms with van der Waals surface area (Å²) in [6, 6.07) is 20.7. The van der Waals surface area contributed by atoms with Crippen molar-refractivity contribution in [3.05, 3.63) is 90.5 Å². The molecule has 0 radical (unpaired) electrons. The molecule has 0 saturated heterocycles. The third kappa shape index (κ3) is 10.2. The van der Waals surface area contributed by atoms with Gasteiger partial charge in [0.05, 0.1) is 10.9 Å². The van der Waals surface area contributed by atoms with E-state index in [0.29, 0.717) is 17.1 Å². The van der Waals surface area contributed by atoms with Crippen molar-refractivity contribution < 1.29 is 41.8 Å². The summed E-state index contributed by atoms with van der Waals surface area (Å²) in [5.74, 6) is 0.539. The van der Waals surface area contributed by atoms with Crippen LogP contribution >= 0.6 is 7.60 Å². The number of amides is 2. The van der Waals surface area contributed by atoms with E-state index in [-0.39, 0.29) is 11.5 Å². The maximum Gasteiger partial charge on any atom is 0.413 e. The first-order valence-electron chi connectivity index (χ1n) is 13.9. The Morgan fingerprint density at radius 1 is 0.864 bits per heavy atom. The van der Waals surface area contributed by atoms with Gasteiger partial charge in [0.25, 0.3) is 0 Å². The van der Waals surface area contributed by atoms with E-state index in [4.69, 9.17) is 9.47 Å². The van der Waals surface area contributed by atoms with Crippen LogP contribution in [-0.2, 0) is 25.9 Å². The Morgan fingerprint density at radius 2 is 1.41 bits per heavy atom. The van der Waals surface area contributed by atoms with Crippen molar-refractivity contribution in [2.24, 2.45) is 5.92 Å². The van der Waals surface area contributed by atoms with E-state index in [1.165, 1.54) is 24.3 Å². The number of alkyl carbamates (subject to hydrolysis) is 1. The second-order valence-electron chi connectivity index (χ2n) is 10.7. The third-order valence-corrected chi connectivity index (χ3v) is 8.81. The molecule has 3 aromatic carbocycles. The molecule has 238 valence electrons. The summed E-state index contributed by atoms with van der Waals surface area (Å²) in [5.41, 5.74) is -0.739. The molecule has 0 saturated carbocycles. The molecule has 3 aromatic rings. The highest BCUT2D eigenvalue weighted by atomic mass is 32.2. The lowest BCUT2D eigenvalue weighted by Crippen LogP contribution is -2.59. The van der Waals surface area contributed by atoms with Crippen molar-refractivity contribution in [2.75, 3.05) is 6.54 Å². The highest BCUT2D eigenvalue weighted by Crippen LogP contribution is 2.39. The quantitative estimate of drug-likeness (QED) is 0.174. The van der Waals surface area contributed by atoms with Crippen molar-refractivity contribution in [3.63, 3.8) is 0 Å². The molecular weight excluding hydrogens is 609 g/mol. The fourth-order valence-electron chi connectivity index (χ4n) is 4.30. The van der Waals surface area contributed by atoms with Crippen LogP contribution in [0.5, 0.6) is 11.5 Å². The normalized spacial score (nSPS) is 13.3. The van der Waals surface area contributed by atoms with E-state index in [2.05, 4.69) is 10.0 Å². The molecule has 0 aliphatic heterocycles. The van der Waals surface area contributed by atoms with Gasteiger partial charge in [-0.25, -0.2) is 22.5 Å². The smallest absolute Gasteiger partial charge is 0.413 e. The van der Waals surface area contributed by atoms with Crippen molar-refractivity contribution >= 4 is 29.4 Å². The van der Waals surface area contributed by atoms with Crippen LogP contribution in [0, 0.1) is 5.92 Å². The molecule has 0 aliphatic rings. The van der Waals surface area contributed by atoms with Crippen molar-refractivity contribution in [3.8, 4) is 11.5 Å². The summed E-state index contributed by atoms with van der Waals surface area (Å²) < 4.78 is 52.6. The Balaban J connectivity index is 1.87. The number of sulfonamides is 1. The SMILES string of the molecule is CC(C)C(NS(=O)(=O)c1ccc(Oc2ccccc2)cc1)[C@H](CN(C(=O)P(=O)(O)O)C(C)C)NC(=O)OCc1ccccc1. The lowest BCUT2D eigenvalue weighted by Gasteiger charge is -2.36. The monoisotopic (exact) mass is 647 g/mol. The zero-order valence-electron chi connectivity index (χ0n) is 24.9. The van der Waals surface area contributed by atoms with E-state index in [1.54, 1.807) is 82.3 Å². The van der Waals surface area contributed by atoms with Gasteiger partial charge in [-0.3, -0.25) is 4.79 Å². The molecule has 12 nitrogen and oxygen atoms in total. The molecule has 2 amide bonds. The van der Waals surface area contributed by atoms with Gasteiger partial charge in [-0.1, -0.05) is 62.4 Å². The Hall–Kier alpha value is -3.74. The number of rotatable bonds is 14. The van der Waals surface area contributed by atoms with Gasteiger partial charge < -0.3 is 29.5 Å². The van der Waals surface area contributed by atoms with Crippen LogP contribution in [0.4, 0.5) is 9.59 Å². The number of nitrogens with zero attached hydrogens (tertiary/aromatic N) is 1. The lowest BCUT2D eigenvalue weighted by molar-refractivity contribution is 0.125. The number of carbonyl (C=O) groups is 2. The van der Waals surface area contributed by atoms with E-state index >= 15 is 0 Å². The highest BCUT2D eigenvalue weighted by molar-refractivity contribution is 7.89. The molecular formula is C30H38N3O9PS. The molecule has 3 rings (SSSR count). The third-order valence-electron chi connectivity index (χ3n) is 6.58. The minimum atomic E-state index is -5.19. The highest BCUT2D eigenvalue weighted by Gasteiger charge is 2.38. The molecule has 0 bridgehead atoms. The van der Waals surface area contributed by atoms with Gasteiger partial charge in [0, 0.05) is 18.6 Å². The van der Waals surface area contributed by atoms with Crippen molar-refractivity contribution in [1.29, 1.82) is 0 Å². The first-order chi connectivity index (χ1) is 20.7. The number of para-hydroxylation sites is 1. The minimum absolute atomic E-state index is 0.0792. The zero-order valence-corrected chi connectivity index (χ0v) is 26.6. The van der Waals surface area contributed by atoms with E-state index in [0.717, 1.165) is 4.90 Å². The van der Waals surface area contributed by atoms with Crippen LogP contribution in [0.3, 0.4) is 0 Å². The van der Waals surface area contributed by atoms with Gasteiger partial charge in [-0.2, -0.15) is 0 Å². The van der Waals surface area contributed by atoms with Gasteiger partial charge >= 0.3 is 19.3 Å². The second kappa shape index (κ2) is 15.3. The summed E-state index contributed by atoms with van der Waals surface area (Å²) in [7, 11) is -9.38. The number of nitrogens with one attached hydrogen (secondary N) is 2. The molecule has 44 heavy (non-hydrogen) atoms. The summed E-state index contributed by atoms with van der Waals surface area (Å²) in [5, 5.41) is 2.62. The topological polar surface area (TPSA) is 172 Å². The fraction of sp³-hybridized carbons (Fsp3) is 0.333. The summed E-state index contributed by atoms with van der Waals surface area (Å²) in [6.45, 7) is 6.01. The van der Waals surface area contributed by atoms with Gasteiger partial charge in [-0.15, -0.1) is 0 Å². The number of carbonyl (C=O) groups excluding carboxylic acids is 2. The van der Waals surface area contributed by atoms with Crippen molar-refractivity contribution in [1.82, 2.24) is 14.9 Å². The van der Waals surface area contributed by atoms with E-state index in [9.17, 15) is 32.4 Å². The van der Waals surface area contributed by atoms with Crippen LogP contribution in [0.1, 0.15) is 33.3 Å². The minimum Gasteiger partial charge on any atom is -0.457 e. The van der Waals surface area contributed by atoms with E-state index in [1.807, 2.05) is 6.07 Å². The average molecular weight is 648 g/mol. The molecule has 2 atom stereocenters. The second-order valence-corrected chi connectivity index (χ2v) is 13.8. The van der Waals surface area contributed by atoms with Crippen LogP contribution in [0.15, 0.2) is 89.8 Å². The zero-order chi connectivity index (χ0) is 32.5. The standard InChI is InChI=1S/C30H38N3O9PS/c1-21(2)28(32-44(39,40)26-17-15-25(16-18-26)42-24-13-9-6-10-14-24)27(19-33(22(3)4)30(35)43(36,37)38)31-29(34)41-20-23-11-7-5-8-12-23/h5-18,21-22,27-28,32H,19-20H2,1-4H3,(H,31,34)(H2,36,37,38)/t27-,28?/m0/s1. The van der Waals surface area contributed by atoms with Crippen LogP contribution in [0.25, 0.3) is 0 Å². The summed E-state index contributed by atoms with van der Waals surface area (Å²) in [4.78, 5) is 45.6. The largest absolute Gasteiger partial charge is 0.457 e. The molecule has 4 N–H and O–H groups in total. The summed E-state index contributed by atoms with van der Waals surface area (Å²) in [6.07, 6.45) is -0.904. The van der Waals surface area contributed by atoms with Gasteiger partial charge in [0.2, 0.25) is 10.0 Å². The number of hydrogen-bond donors (Lipinski definition) is 4. The first-order valence-corrected chi connectivity index (χ1v) is 17.0. The predicted molar refractivity (Wildman–Crippen MR) is 165 cm³/mol. The summed E-state index contributed by atoms with van der Waals surface area (Å²) >= 11 is 0. The molecule has 0 spiro atoms. The van der Waals surface area contributed by atoms with Gasteiger partial charge in [-0.05, 0) is 61.7 Å². The van der Waals surface area contributed by atoms with Gasteiger partial charge in [0.1, 0.15) is 18.1 Å². The predicted octanol–water partition coefficient (Wildman–Crippen LogP) is 5.08.